The number of ether oxygens (including phenoxy) is 1. The largest absolute Gasteiger partial charge is 0.487 e. The second-order valence-electron chi connectivity index (χ2n) is 9.43. The lowest BCUT2D eigenvalue weighted by atomic mass is 9.82. The summed E-state index contributed by atoms with van der Waals surface area (Å²) >= 11 is 5.72. The van der Waals surface area contributed by atoms with E-state index in [0.717, 1.165) is 24.5 Å². The molecule has 2 N–H and O–H groups in total. The molecule has 2 aromatic carbocycles. The third-order valence-corrected chi connectivity index (χ3v) is 7.34. The van der Waals surface area contributed by atoms with Crippen LogP contribution < -0.4 is 4.74 Å². The molecule has 0 saturated carbocycles. The maximum atomic E-state index is 14.4. The standard InChI is InChI=1S/C25H26ClF4NO4/c1-14(23(33)34)22(32)16-3-2-15-4-5-24(35-20(15)11-16)6-8-31(9-7-24)13-17-10-18(25(28,29)30)12-19(26)21(17)27/h2-3,10-12,14,22,32H,4-9,13H2,1H3,(H,33,34)/t14-,22+/m0/s1. The van der Waals surface area contributed by atoms with E-state index < -0.39 is 46.2 Å². The van der Waals surface area contributed by atoms with Crippen molar-refractivity contribution in [3.8, 4) is 5.75 Å². The molecular formula is C25H26ClF4NO4. The van der Waals surface area contributed by atoms with E-state index in [2.05, 4.69) is 0 Å². The molecule has 1 spiro atoms. The summed E-state index contributed by atoms with van der Waals surface area (Å²) in [5, 5.41) is 19.0. The number of aliphatic carboxylic acids is 1. The van der Waals surface area contributed by atoms with E-state index in [0.29, 0.717) is 43.3 Å². The first-order valence-corrected chi connectivity index (χ1v) is 11.8. The number of carboxylic acids is 1. The quantitative estimate of drug-likeness (QED) is 0.506. The van der Waals surface area contributed by atoms with E-state index in [-0.39, 0.29) is 12.1 Å². The molecule has 0 aromatic heterocycles. The van der Waals surface area contributed by atoms with Gasteiger partial charge in [0.1, 0.15) is 17.2 Å². The predicted molar refractivity (Wildman–Crippen MR) is 121 cm³/mol. The molecule has 190 valence electrons. The molecule has 1 saturated heterocycles. The van der Waals surface area contributed by atoms with Crippen molar-refractivity contribution in [2.45, 2.75) is 57.0 Å². The van der Waals surface area contributed by atoms with E-state index >= 15 is 0 Å². The fraction of sp³-hybridized carbons (Fsp3) is 0.480. The lowest BCUT2D eigenvalue weighted by molar-refractivity contribution is -0.145. The molecular weight excluding hydrogens is 490 g/mol. The van der Waals surface area contributed by atoms with Crippen LogP contribution in [0.1, 0.15) is 54.5 Å². The van der Waals surface area contributed by atoms with E-state index in [9.17, 15) is 32.6 Å². The molecule has 10 heteroatoms. The van der Waals surface area contributed by atoms with Gasteiger partial charge in [0, 0.05) is 25.2 Å². The number of aliphatic hydroxyl groups is 1. The van der Waals surface area contributed by atoms with Gasteiger partial charge in [-0.25, -0.2) is 4.39 Å². The van der Waals surface area contributed by atoms with Crippen LogP contribution in [0, 0.1) is 11.7 Å². The van der Waals surface area contributed by atoms with Crippen LogP contribution in [-0.4, -0.2) is 39.8 Å². The van der Waals surface area contributed by atoms with Gasteiger partial charge in [0.2, 0.25) is 0 Å². The maximum Gasteiger partial charge on any atom is 0.416 e. The number of hydrogen-bond acceptors (Lipinski definition) is 4. The molecule has 1 fully saturated rings. The van der Waals surface area contributed by atoms with Crippen molar-refractivity contribution in [1.82, 2.24) is 4.90 Å². The molecule has 2 aromatic rings. The highest BCUT2D eigenvalue weighted by atomic mass is 35.5. The Labute approximate surface area is 205 Å². The molecule has 2 heterocycles. The van der Waals surface area contributed by atoms with E-state index in [4.69, 9.17) is 16.3 Å². The molecule has 0 bridgehead atoms. The molecule has 0 radical (unpaired) electrons. The number of alkyl halides is 3. The fourth-order valence-electron chi connectivity index (χ4n) is 4.76. The molecule has 35 heavy (non-hydrogen) atoms. The number of aliphatic hydroxyl groups excluding tert-OH is 1. The van der Waals surface area contributed by atoms with Crippen molar-refractivity contribution < 1.29 is 37.3 Å². The number of carbonyl (C=O) groups is 1. The smallest absolute Gasteiger partial charge is 0.416 e. The molecule has 4 rings (SSSR count). The highest BCUT2D eigenvalue weighted by molar-refractivity contribution is 6.30. The Bertz CT molecular complexity index is 1120. The van der Waals surface area contributed by atoms with Crippen LogP contribution in [0.15, 0.2) is 30.3 Å². The molecule has 5 nitrogen and oxygen atoms in total. The Morgan fingerprint density at radius 1 is 1.20 bits per heavy atom. The molecule has 2 atom stereocenters. The van der Waals surface area contributed by atoms with E-state index in [1.807, 2.05) is 11.0 Å². The van der Waals surface area contributed by atoms with Gasteiger partial charge in [-0.15, -0.1) is 0 Å². The van der Waals surface area contributed by atoms with Crippen LogP contribution in [0.5, 0.6) is 5.75 Å². The predicted octanol–water partition coefficient (Wildman–Crippen LogP) is 5.61. The van der Waals surface area contributed by atoms with Crippen molar-refractivity contribution in [2.75, 3.05) is 13.1 Å². The van der Waals surface area contributed by atoms with Crippen molar-refractivity contribution >= 4 is 17.6 Å². The average Bonchev–Trinajstić information content (AvgIpc) is 2.81. The van der Waals surface area contributed by atoms with E-state index in [1.54, 1.807) is 12.1 Å². The second-order valence-corrected chi connectivity index (χ2v) is 9.84. The minimum atomic E-state index is -4.62. The van der Waals surface area contributed by atoms with Crippen molar-refractivity contribution in [3.05, 3.63) is 63.4 Å². The summed E-state index contributed by atoms with van der Waals surface area (Å²) in [6.07, 6.45) is -3.09. The van der Waals surface area contributed by atoms with Crippen LogP contribution in [-0.2, 0) is 23.9 Å². The average molecular weight is 516 g/mol. The van der Waals surface area contributed by atoms with E-state index in [1.165, 1.54) is 6.92 Å². The zero-order valence-corrected chi connectivity index (χ0v) is 19.8. The topological polar surface area (TPSA) is 70.0 Å². The van der Waals surface area contributed by atoms with Crippen LogP contribution >= 0.6 is 11.6 Å². The molecule has 2 aliphatic rings. The maximum absolute atomic E-state index is 14.4. The van der Waals surface area contributed by atoms with Crippen molar-refractivity contribution in [2.24, 2.45) is 5.92 Å². The Balaban J connectivity index is 1.45. The first kappa shape index (κ1) is 25.7. The monoisotopic (exact) mass is 515 g/mol. The number of aryl methyl sites for hydroxylation is 1. The summed E-state index contributed by atoms with van der Waals surface area (Å²) in [5.74, 6) is -2.31. The summed E-state index contributed by atoms with van der Waals surface area (Å²) < 4.78 is 60.2. The second kappa shape index (κ2) is 9.59. The van der Waals surface area contributed by atoms with Gasteiger partial charge in [-0.05, 0) is 61.9 Å². The Hall–Kier alpha value is -2.36. The third kappa shape index (κ3) is 5.42. The summed E-state index contributed by atoms with van der Waals surface area (Å²) in [6, 6.07) is 6.64. The minimum absolute atomic E-state index is 0.00551. The van der Waals surface area contributed by atoms with Gasteiger partial charge in [0.25, 0.3) is 0 Å². The third-order valence-electron chi connectivity index (χ3n) is 7.06. The highest BCUT2D eigenvalue weighted by Gasteiger charge is 2.40. The van der Waals surface area contributed by atoms with Crippen molar-refractivity contribution in [3.63, 3.8) is 0 Å². The Morgan fingerprint density at radius 2 is 1.89 bits per heavy atom. The number of piperidine rings is 1. The molecule has 0 aliphatic carbocycles. The van der Waals surface area contributed by atoms with Gasteiger partial charge in [0.05, 0.1) is 22.6 Å². The Morgan fingerprint density at radius 3 is 2.51 bits per heavy atom. The number of nitrogens with zero attached hydrogens (tertiary/aromatic N) is 1. The van der Waals surface area contributed by atoms with Crippen LogP contribution in [0.3, 0.4) is 0 Å². The van der Waals surface area contributed by atoms with Crippen LogP contribution in [0.25, 0.3) is 0 Å². The van der Waals surface area contributed by atoms with Gasteiger partial charge < -0.3 is 14.9 Å². The zero-order chi connectivity index (χ0) is 25.5. The van der Waals surface area contributed by atoms with Gasteiger partial charge in [-0.1, -0.05) is 23.7 Å². The number of rotatable bonds is 5. The van der Waals surface area contributed by atoms with Crippen LogP contribution in [0.4, 0.5) is 17.6 Å². The van der Waals surface area contributed by atoms with Crippen molar-refractivity contribution in [1.29, 1.82) is 0 Å². The fourth-order valence-corrected chi connectivity index (χ4v) is 5.00. The number of hydrogen-bond donors (Lipinski definition) is 2. The molecule has 0 amide bonds. The van der Waals surface area contributed by atoms with Gasteiger partial charge in [0.15, 0.2) is 0 Å². The van der Waals surface area contributed by atoms with Gasteiger partial charge >= 0.3 is 12.1 Å². The molecule has 2 aliphatic heterocycles. The summed E-state index contributed by atoms with van der Waals surface area (Å²) in [6.45, 7) is 2.44. The number of halogens is 5. The lowest BCUT2D eigenvalue weighted by Crippen LogP contribution is -2.49. The highest BCUT2D eigenvalue weighted by Crippen LogP contribution is 2.41. The number of carboxylic acid groups (broad SMARTS) is 1. The lowest BCUT2D eigenvalue weighted by Gasteiger charge is -2.45. The van der Waals surface area contributed by atoms with Gasteiger partial charge in [-0.2, -0.15) is 13.2 Å². The van der Waals surface area contributed by atoms with Gasteiger partial charge in [-0.3, -0.25) is 9.69 Å². The molecule has 0 unspecified atom stereocenters. The zero-order valence-electron chi connectivity index (χ0n) is 19.0. The first-order valence-electron chi connectivity index (χ1n) is 11.4. The summed E-state index contributed by atoms with van der Waals surface area (Å²) in [5.41, 5.74) is -0.116. The number of likely N-dealkylation sites (tertiary alicyclic amines) is 1. The number of benzene rings is 2. The van der Waals surface area contributed by atoms with Crippen LogP contribution in [0.2, 0.25) is 5.02 Å². The minimum Gasteiger partial charge on any atom is -0.487 e. The first-order chi connectivity index (χ1) is 16.4. The SMILES string of the molecule is C[C@H](C(=O)O)[C@@H](O)c1ccc2c(c1)OC1(CC2)CCN(Cc2cc(C(F)(F)F)cc(Cl)c2F)CC1. The summed E-state index contributed by atoms with van der Waals surface area (Å²) in [4.78, 5) is 13.1. The normalized spacial score (nSPS) is 19.6. The Kier molecular flexibility index (Phi) is 7.05. The number of fused-ring (bicyclic) bond motifs is 1. The summed E-state index contributed by atoms with van der Waals surface area (Å²) in [7, 11) is 0.